The van der Waals surface area contributed by atoms with Crippen LogP contribution in [0, 0.1) is 0 Å². The fraction of sp³-hybridized carbons (Fsp3) is 0.462. The molecule has 0 spiro atoms. The smallest absolute Gasteiger partial charge is 0.416 e. The van der Waals surface area contributed by atoms with Gasteiger partial charge in [-0.15, -0.1) is 11.8 Å². The molecule has 0 bridgehead atoms. The molecule has 1 aliphatic heterocycles. The van der Waals surface area contributed by atoms with Crippen LogP contribution in [0.15, 0.2) is 23.1 Å². The van der Waals surface area contributed by atoms with Crippen molar-refractivity contribution in [1.29, 1.82) is 0 Å². The van der Waals surface area contributed by atoms with Crippen molar-refractivity contribution in [3.05, 3.63) is 29.3 Å². The van der Waals surface area contributed by atoms with E-state index >= 15 is 0 Å². The predicted octanol–water partition coefficient (Wildman–Crippen LogP) is 3.67. The highest BCUT2D eigenvalue weighted by atomic mass is 32.2. The van der Waals surface area contributed by atoms with Gasteiger partial charge in [-0.05, 0) is 31.0 Å². The van der Waals surface area contributed by atoms with E-state index in [1.807, 2.05) is 0 Å². The maximum absolute atomic E-state index is 12.6. The van der Waals surface area contributed by atoms with Gasteiger partial charge in [0.25, 0.3) is 0 Å². The maximum Gasteiger partial charge on any atom is 0.416 e. The van der Waals surface area contributed by atoms with Crippen molar-refractivity contribution in [3.63, 3.8) is 0 Å². The Morgan fingerprint density at radius 2 is 1.95 bits per heavy atom. The second-order valence-electron chi connectivity index (χ2n) is 4.44. The topological polar surface area (TPSA) is 46.5 Å². The van der Waals surface area contributed by atoms with Gasteiger partial charge < -0.3 is 9.84 Å². The van der Waals surface area contributed by atoms with Gasteiger partial charge in [-0.3, -0.25) is 0 Å². The standard InChI is InChI=1S/C13H13F3O3S/c14-13(15,16)8-1-2-11(10(7-8)12(17)18)20-9-3-5-19-6-4-9/h1-2,7,9H,3-6H2,(H,17,18). The van der Waals surface area contributed by atoms with Crippen molar-refractivity contribution in [2.45, 2.75) is 29.2 Å². The number of thioether (sulfide) groups is 1. The minimum Gasteiger partial charge on any atom is -0.478 e. The molecule has 0 atom stereocenters. The predicted molar refractivity (Wildman–Crippen MR) is 68.1 cm³/mol. The summed E-state index contributed by atoms with van der Waals surface area (Å²) in [6, 6.07) is 2.87. The second-order valence-corrected chi connectivity index (χ2v) is 5.79. The van der Waals surface area contributed by atoms with Crippen LogP contribution in [0.4, 0.5) is 13.2 Å². The summed E-state index contributed by atoms with van der Waals surface area (Å²) in [5, 5.41) is 9.26. The van der Waals surface area contributed by atoms with Gasteiger partial charge in [-0.1, -0.05) is 0 Å². The van der Waals surface area contributed by atoms with E-state index < -0.39 is 17.7 Å². The summed E-state index contributed by atoms with van der Waals surface area (Å²) < 4.78 is 43.0. The molecule has 1 aromatic carbocycles. The number of carboxylic acids is 1. The number of hydrogen-bond acceptors (Lipinski definition) is 3. The number of halogens is 3. The van der Waals surface area contributed by atoms with E-state index in [-0.39, 0.29) is 10.8 Å². The molecule has 1 saturated heterocycles. The lowest BCUT2D eigenvalue weighted by Gasteiger charge is -2.22. The number of carbonyl (C=O) groups is 1. The Bertz CT molecular complexity index is 496. The Morgan fingerprint density at radius 3 is 2.50 bits per heavy atom. The monoisotopic (exact) mass is 306 g/mol. The molecule has 110 valence electrons. The van der Waals surface area contributed by atoms with E-state index in [1.165, 1.54) is 17.8 Å². The third-order valence-electron chi connectivity index (χ3n) is 3.00. The average Bonchev–Trinajstić information content (AvgIpc) is 2.38. The van der Waals surface area contributed by atoms with Gasteiger partial charge in [-0.2, -0.15) is 13.2 Å². The normalized spacial score (nSPS) is 17.1. The van der Waals surface area contributed by atoms with Crippen molar-refractivity contribution in [3.8, 4) is 0 Å². The van der Waals surface area contributed by atoms with E-state index in [0.29, 0.717) is 24.2 Å². The molecule has 0 saturated carbocycles. The summed E-state index contributed by atoms with van der Waals surface area (Å²) in [6.07, 6.45) is -3.00. The molecule has 0 amide bonds. The number of ether oxygens (including phenoxy) is 1. The molecule has 0 radical (unpaired) electrons. The largest absolute Gasteiger partial charge is 0.478 e. The molecule has 1 N–H and O–H groups in total. The molecule has 20 heavy (non-hydrogen) atoms. The lowest BCUT2D eigenvalue weighted by molar-refractivity contribution is -0.137. The van der Waals surface area contributed by atoms with E-state index in [9.17, 15) is 18.0 Å². The molecule has 0 aromatic heterocycles. The number of alkyl halides is 3. The minimum absolute atomic E-state index is 0.179. The van der Waals surface area contributed by atoms with Crippen LogP contribution in [0.3, 0.4) is 0 Å². The van der Waals surface area contributed by atoms with Gasteiger partial charge in [0.2, 0.25) is 0 Å². The third-order valence-corrected chi connectivity index (χ3v) is 4.41. The number of hydrogen-bond donors (Lipinski definition) is 1. The highest BCUT2D eigenvalue weighted by Crippen LogP contribution is 2.36. The minimum atomic E-state index is -4.54. The van der Waals surface area contributed by atoms with Crippen LogP contribution in [-0.4, -0.2) is 29.5 Å². The van der Waals surface area contributed by atoms with Crippen molar-refractivity contribution >= 4 is 17.7 Å². The zero-order valence-corrected chi connectivity index (χ0v) is 11.3. The molecule has 1 aromatic rings. The highest BCUT2D eigenvalue weighted by molar-refractivity contribution is 8.00. The average molecular weight is 306 g/mol. The fourth-order valence-corrected chi connectivity index (χ4v) is 3.16. The molecule has 1 fully saturated rings. The van der Waals surface area contributed by atoms with Crippen molar-refractivity contribution < 1.29 is 27.8 Å². The Morgan fingerprint density at radius 1 is 1.30 bits per heavy atom. The first kappa shape index (κ1) is 15.2. The summed E-state index contributed by atoms with van der Waals surface area (Å²) in [6.45, 7) is 1.20. The number of benzene rings is 1. The van der Waals surface area contributed by atoms with Gasteiger partial charge in [0.1, 0.15) is 0 Å². The summed E-state index contributed by atoms with van der Waals surface area (Å²) in [5.74, 6) is -1.34. The Hall–Kier alpha value is -1.21. The molecule has 3 nitrogen and oxygen atoms in total. The SMILES string of the molecule is O=C(O)c1cc(C(F)(F)F)ccc1SC1CCOCC1. The lowest BCUT2D eigenvalue weighted by Crippen LogP contribution is -2.18. The Kier molecular flexibility index (Phi) is 4.59. The molecule has 2 rings (SSSR count). The second kappa shape index (κ2) is 6.05. The third kappa shape index (κ3) is 3.67. The Balaban J connectivity index is 2.25. The van der Waals surface area contributed by atoms with Gasteiger partial charge in [0, 0.05) is 23.4 Å². The molecular formula is C13H13F3O3S. The molecule has 1 heterocycles. The highest BCUT2D eigenvalue weighted by Gasteiger charge is 2.32. The first-order valence-electron chi connectivity index (χ1n) is 6.07. The van der Waals surface area contributed by atoms with Crippen LogP contribution in [0.2, 0.25) is 0 Å². The molecule has 0 aliphatic carbocycles. The summed E-state index contributed by atoms with van der Waals surface area (Å²) in [5.41, 5.74) is -1.23. The molecular weight excluding hydrogens is 293 g/mol. The van der Waals surface area contributed by atoms with E-state index in [2.05, 4.69) is 0 Å². The van der Waals surface area contributed by atoms with E-state index in [0.717, 1.165) is 18.9 Å². The zero-order chi connectivity index (χ0) is 14.8. The lowest BCUT2D eigenvalue weighted by atomic mass is 10.1. The van der Waals surface area contributed by atoms with Gasteiger partial charge in [0.05, 0.1) is 11.1 Å². The molecule has 1 aliphatic rings. The first-order valence-corrected chi connectivity index (χ1v) is 6.95. The van der Waals surface area contributed by atoms with Gasteiger partial charge in [0.15, 0.2) is 0 Å². The summed E-state index contributed by atoms with van der Waals surface area (Å²) >= 11 is 1.31. The van der Waals surface area contributed by atoms with Crippen LogP contribution in [0.25, 0.3) is 0 Å². The van der Waals surface area contributed by atoms with Crippen molar-refractivity contribution in [2.24, 2.45) is 0 Å². The zero-order valence-electron chi connectivity index (χ0n) is 10.4. The van der Waals surface area contributed by atoms with Crippen LogP contribution >= 0.6 is 11.8 Å². The van der Waals surface area contributed by atoms with Crippen LogP contribution < -0.4 is 0 Å². The van der Waals surface area contributed by atoms with Gasteiger partial charge in [-0.25, -0.2) is 4.79 Å². The number of rotatable bonds is 3. The number of carboxylic acid groups (broad SMARTS) is 1. The quantitative estimate of drug-likeness (QED) is 0.925. The first-order chi connectivity index (χ1) is 9.38. The maximum atomic E-state index is 12.6. The van der Waals surface area contributed by atoms with Crippen molar-refractivity contribution in [2.75, 3.05) is 13.2 Å². The Labute approximate surface area is 118 Å². The van der Waals surface area contributed by atoms with Crippen LogP contribution in [-0.2, 0) is 10.9 Å². The van der Waals surface area contributed by atoms with Crippen molar-refractivity contribution in [1.82, 2.24) is 0 Å². The van der Waals surface area contributed by atoms with Gasteiger partial charge >= 0.3 is 12.1 Å². The van der Waals surface area contributed by atoms with E-state index in [4.69, 9.17) is 9.84 Å². The molecule has 7 heteroatoms. The molecule has 0 unspecified atom stereocenters. The summed E-state index contributed by atoms with van der Waals surface area (Å²) in [4.78, 5) is 11.5. The van der Waals surface area contributed by atoms with Crippen LogP contribution in [0.5, 0.6) is 0 Å². The number of aromatic carboxylic acids is 1. The summed E-state index contributed by atoms with van der Waals surface area (Å²) in [7, 11) is 0. The fourth-order valence-electron chi connectivity index (χ4n) is 1.95. The van der Waals surface area contributed by atoms with Crippen LogP contribution in [0.1, 0.15) is 28.8 Å². The van der Waals surface area contributed by atoms with E-state index in [1.54, 1.807) is 0 Å².